The van der Waals surface area contributed by atoms with Gasteiger partial charge in [-0.05, 0) is 43.2 Å². The molecule has 0 radical (unpaired) electrons. The van der Waals surface area contributed by atoms with E-state index in [1.807, 2.05) is 31.1 Å². The first-order chi connectivity index (χ1) is 15.4. The molecule has 10 heteroatoms. The van der Waals surface area contributed by atoms with Gasteiger partial charge in [-0.25, -0.2) is 9.98 Å². The highest BCUT2D eigenvalue weighted by Gasteiger charge is 2.17. The van der Waals surface area contributed by atoms with Crippen LogP contribution >= 0.6 is 24.0 Å². The Morgan fingerprint density at radius 1 is 1.27 bits per heavy atom. The topological polar surface area (TPSA) is 62.2 Å². The molecule has 0 bridgehead atoms. The highest BCUT2D eigenvalue weighted by Crippen LogP contribution is 2.17. The van der Waals surface area contributed by atoms with Crippen molar-refractivity contribution in [3.8, 4) is 5.75 Å². The van der Waals surface area contributed by atoms with E-state index in [2.05, 4.69) is 32.9 Å². The molecule has 33 heavy (non-hydrogen) atoms. The van der Waals surface area contributed by atoms with Crippen molar-refractivity contribution in [1.29, 1.82) is 0 Å². The number of aromatic nitrogens is 1. The van der Waals surface area contributed by atoms with Crippen molar-refractivity contribution >= 4 is 35.8 Å². The van der Waals surface area contributed by atoms with Crippen LogP contribution in [0.2, 0.25) is 0 Å². The maximum Gasteiger partial charge on any atom is 0.387 e. The molecule has 3 rings (SSSR count). The molecule has 1 aliphatic heterocycles. The van der Waals surface area contributed by atoms with Crippen LogP contribution < -0.4 is 15.0 Å². The predicted molar refractivity (Wildman–Crippen MR) is 137 cm³/mol. The average molecular weight is 575 g/mol. The van der Waals surface area contributed by atoms with Gasteiger partial charge in [0.1, 0.15) is 11.6 Å². The van der Waals surface area contributed by atoms with Gasteiger partial charge in [-0.15, -0.1) is 24.0 Å². The molecule has 7 nitrogen and oxygen atoms in total. The number of nitrogens with one attached hydrogen (secondary N) is 1. The Bertz CT molecular complexity index is 868. The van der Waals surface area contributed by atoms with Crippen molar-refractivity contribution in [1.82, 2.24) is 15.2 Å². The number of halogens is 3. The lowest BCUT2D eigenvalue weighted by atomic mass is 10.2. The van der Waals surface area contributed by atoms with Crippen LogP contribution in [0, 0.1) is 0 Å². The fourth-order valence-electron chi connectivity index (χ4n) is 3.48. The third-order valence-corrected chi connectivity index (χ3v) is 5.05. The second-order valence-corrected chi connectivity index (χ2v) is 7.70. The number of hydrogen-bond donors (Lipinski definition) is 1. The van der Waals surface area contributed by atoms with Gasteiger partial charge in [0.2, 0.25) is 0 Å². The molecule has 1 unspecified atom stereocenters. The first-order valence-corrected chi connectivity index (χ1v) is 10.8. The summed E-state index contributed by atoms with van der Waals surface area (Å²) in [7, 11) is 1.94. The number of hydrogen-bond acceptors (Lipinski definition) is 5. The molecular formula is C23H32F2IN5O2. The predicted octanol–water partition coefficient (Wildman–Crippen LogP) is 4.12. The van der Waals surface area contributed by atoms with Crippen LogP contribution in [0.15, 0.2) is 47.6 Å². The van der Waals surface area contributed by atoms with E-state index in [0.717, 1.165) is 49.1 Å². The van der Waals surface area contributed by atoms with E-state index in [-0.39, 0.29) is 35.8 Å². The molecule has 2 aromatic rings. The van der Waals surface area contributed by atoms with Crippen LogP contribution in [0.25, 0.3) is 0 Å². The van der Waals surface area contributed by atoms with Crippen LogP contribution in [0.1, 0.15) is 25.0 Å². The Morgan fingerprint density at radius 3 is 2.61 bits per heavy atom. The Labute approximate surface area is 211 Å². The first-order valence-electron chi connectivity index (χ1n) is 10.8. The van der Waals surface area contributed by atoms with Crippen LogP contribution in [-0.4, -0.2) is 61.8 Å². The molecule has 1 saturated heterocycles. The molecule has 1 aliphatic rings. The zero-order valence-corrected chi connectivity index (χ0v) is 21.5. The Morgan fingerprint density at radius 2 is 2.00 bits per heavy atom. The van der Waals surface area contributed by atoms with Gasteiger partial charge < -0.3 is 24.6 Å². The van der Waals surface area contributed by atoms with Crippen molar-refractivity contribution in [2.75, 3.05) is 38.2 Å². The van der Waals surface area contributed by atoms with Gasteiger partial charge in [0.25, 0.3) is 0 Å². The summed E-state index contributed by atoms with van der Waals surface area (Å²) in [6.45, 7) is 5.48. The van der Waals surface area contributed by atoms with Gasteiger partial charge >= 0.3 is 6.61 Å². The van der Waals surface area contributed by atoms with Gasteiger partial charge in [0.15, 0.2) is 5.96 Å². The average Bonchev–Trinajstić information content (AvgIpc) is 2.78. The van der Waals surface area contributed by atoms with E-state index in [1.54, 1.807) is 24.3 Å². The third kappa shape index (κ3) is 8.58. The maximum atomic E-state index is 12.3. The molecule has 1 atom stereocenters. The lowest BCUT2D eigenvalue weighted by Gasteiger charge is -2.32. The second-order valence-electron chi connectivity index (χ2n) is 7.70. The summed E-state index contributed by atoms with van der Waals surface area (Å²) in [5.74, 6) is 1.86. The van der Waals surface area contributed by atoms with Crippen LogP contribution in [-0.2, 0) is 17.8 Å². The summed E-state index contributed by atoms with van der Waals surface area (Å²) >= 11 is 0. The van der Waals surface area contributed by atoms with Crippen molar-refractivity contribution in [3.63, 3.8) is 0 Å². The number of morpholine rings is 1. The Balaban J connectivity index is 0.00000385. The third-order valence-electron chi connectivity index (χ3n) is 5.05. The summed E-state index contributed by atoms with van der Waals surface area (Å²) in [5, 5.41) is 3.29. The van der Waals surface area contributed by atoms with Crippen molar-refractivity contribution in [2.24, 2.45) is 4.99 Å². The van der Waals surface area contributed by atoms with Gasteiger partial charge in [-0.3, -0.25) is 0 Å². The summed E-state index contributed by atoms with van der Waals surface area (Å²) in [6.07, 6.45) is 2.07. The molecule has 0 saturated carbocycles. The number of alkyl halides is 2. The number of pyridine rings is 1. The van der Waals surface area contributed by atoms with Gasteiger partial charge in [-0.2, -0.15) is 8.78 Å². The number of guanidine groups is 1. The van der Waals surface area contributed by atoms with Crippen LogP contribution in [0.4, 0.5) is 14.6 Å². The minimum atomic E-state index is -2.82. The van der Waals surface area contributed by atoms with E-state index in [4.69, 9.17) is 9.73 Å². The molecule has 1 N–H and O–H groups in total. The molecule has 2 heterocycles. The van der Waals surface area contributed by atoms with Crippen LogP contribution in [0.5, 0.6) is 5.75 Å². The van der Waals surface area contributed by atoms with Crippen molar-refractivity contribution < 1.29 is 18.3 Å². The fraction of sp³-hybridized carbons (Fsp3) is 0.478. The molecule has 0 amide bonds. The van der Waals surface area contributed by atoms with Crippen molar-refractivity contribution in [2.45, 2.75) is 39.7 Å². The summed E-state index contributed by atoms with van der Waals surface area (Å²) in [6, 6.07) is 10.7. The fourth-order valence-corrected chi connectivity index (χ4v) is 3.48. The molecule has 1 fully saturated rings. The van der Waals surface area contributed by atoms with E-state index < -0.39 is 6.61 Å². The van der Waals surface area contributed by atoms with Gasteiger partial charge in [-0.1, -0.05) is 18.2 Å². The minimum Gasteiger partial charge on any atom is -0.435 e. The van der Waals surface area contributed by atoms with E-state index in [9.17, 15) is 8.78 Å². The Hall–Kier alpha value is -2.21. The quantitative estimate of drug-likeness (QED) is 0.291. The molecule has 1 aromatic carbocycles. The van der Waals surface area contributed by atoms with Crippen LogP contribution in [0.3, 0.4) is 0 Å². The number of anilines is 1. The lowest BCUT2D eigenvalue weighted by molar-refractivity contribution is -0.0498. The smallest absolute Gasteiger partial charge is 0.387 e. The molecule has 0 spiro atoms. The largest absolute Gasteiger partial charge is 0.435 e. The summed E-state index contributed by atoms with van der Waals surface area (Å²) in [5.41, 5.74) is 1.98. The standard InChI is InChI=1S/C23H31F2N5O2.HI/c1-4-26-23(29(3)16-18-5-8-20(9-6-18)32-22(24)25)28-14-19-7-10-21(27-13-19)30-11-12-31-17(2)15-30;/h5-10,13,17,22H,4,11-12,14-16H2,1-3H3,(H,26,28);1H. The van der Waals surface area contributed by atoms with Crippen molar-refractivity contribution in [3.05, 3.63) is 53.7 Å². The zero-order chi connectivity index (χ0) is 22.9. The highest BCUT2D eigenvalue weighted by molar-refractivity contribution is 14.0. The van der Waals surface area contributed by atoms with E-state index in [1.165, 1.54) is 0 Å². The maximum absolute atomic E-state index is 12.3. The summed E-state index contributed by atoms with van der Waals surface area (Å²) < 4.78 is 34.6. The Kier molecular flexibility index (Phi) is 11.0. The number of benzene rings is 1. The number of ether oxygens (including phenoxy) is 2. The number of rotatable bonds is 8. The highest BCUT2D eigenvalue weighted by atomic mass is 127. The summed E-state index contributed by atoms with van der Waals surface area (Å²) in [4.78, 5) is 13.6. The SMILES string of the molecule is CCNC(=NCc1ccc(N2CCOC(C)C2)nc1)N(C)Cc1ccc(OC(F)F)cc1.I. The molecular weight excluding hydrogens is 543 g/mol. The minimum absolute atomic E-state index is 0. The monoisotopic (exact) mass is 575 g/mol. The first kappa shape index (κ1) is 27.0. The molecule has 182 valence electrons. The number of nitrogens with zero attached hydrogens (tertiary/aromatic N) is 4. The van der Waals surface area contributed by atoms with Gasteiger partial charge in [0, 0.05) is 39.4 Å². The normalized spacial score (nSPS) is 16.4. The zero-order valence-electron chi connectivity index (χ0n) is 19.2. The van der Waals surface area contributed by atoms with Gasteiger partial charge in [0.05, 0.1) is 19.3 Å². The van der Waals surface area contributed by atoms with E-state index in [0.29, 0.717) is 13.1 Å². The lowest BCUT2D eigenvalue weighted by Crippen LogP contribution is -2.41. The van der Waals surface area contributed by atoms with E-state index >= 15 is 0 Å². The number of aliphatic imine (C=N–C) groups is 1. The molecule has 1 aromatic heterocycles. The molecule has 0 aliphatic carbocycles. The second kappa shape index (κ2) is 13.5.